The van der Waals surface area contributed by atoms with Gasteiger partial charge in [-0.05, 0) is 31.0 Å². The van der Waals surface area contributed by atoms with Gasteiger partial charge in [0.2, 0.25) is 0 Å². The number of ketones is 1. The van der Waals surface area contributed by atoms with Crippen molar-refractivity contribution < 1.29 is 4.79 Å². The predicted octanol–water partition coefficient (Wildman–Crippen LogP) is 2.59. The van der Waals surface area contributed by atoms with Gasteiger partial charge in [0.15, 0.2) is 0 Å². The van der Waals surface area contributed by atoms with Crippen molar-refractivity contribution in [3.63, 3.8) is 0 Å². The van der Waals surface area contributed by atoms with E-state index in [1.54, 1.807) is 23.7 Å². The van der Waals surface area contributed by atoms with Crippen molar-refractivity contribution in [1.82, 2.24) is 9.97 Å². The van der Waals surface area contributed by atoms with E-state index in [0.29, 0.717) is 12.8 Å². The molecule has 2 aromatic heterocycles. The van der Waals surface area contributed by atoms with Crippen LogP contribution in [0.15, 0.2) is 29.9 Å². The Bertz CT molecular complexity index is 493. The zero-order valence-corrected chi connectivity index (χ0v) is 10.5. The molecule has 0 bridgehead atoms. The van der Waals surface area contributed by atoms with Crippen molar-refractivity contribution >= 4 is 17.1 Å². The third-order valence-electron chi connectivity index (χ3n) is 2.49. The van der Waals surface area contributed by atoms with Crippen LogP contribution in [0.3, 0.4) is 0 Å². The first-order valence-corrected chi connectivity index (χ1v) is 6.43. The SMILES string of the molecule is Cc1nc(CC(=O)CCc2ccncc2)cs1. The van der Waals surface area contributed by atoms with Gasteiger partial charge in [-0.15, -0.1) is 11.3 Å². The highest BCUT2D eigenvalue weighted by atomic mass is 32.1. The van der Waals surface area contributed by atoms with Gasteiger partial charge in [0, 0.05) is 30.6 Å². The minimum absolute atomic E-state index is 0.243. The Balaban J connectivity index is 1.82. The highest BCUT2D eigenvalue weighted by molar-refractivity contribution is 7.09. The van der Waals surface area contributed by atoms with Crippen LogP contribution < -0.4 is 0 Å². The van der Waals surface area contributed by atoms with Crippen LogP contribution >= 0.6 is 11.3 Å². The van der Waals surface area contributed by atoms with Crippen molar-refractivity contribution in [3.8, 4) is 0 Å². The molecule has 0 aliphatic heterocycles. The molecule has 88 valence electrons. The van der Waals surface area contributed by atoms with E-state index in [4.69, 9.17) is 0 Å². The molecule has 0 fully saturated rings. The molecule has 0 aliphatic carbocycles. The summed E-state index contributed by atoms with van der Waals surface area (Å²) in [5.74, 6) is 0.243. The van der Waals surface area contributed by atoms with E-state index >= 15 is 0 Å². The van der Waals surface area contributed by atoms with Crippen LogP contribution in [-0.2, 0) is 17.6 Å². The molecule has 0 atom stereocenters. The van der Waals surface area contributed by atoms with Crippen LogP contribution in [0, 0.1) is 6.92 Å². The van der Waals surface area contributed by atoms with E-state index in [1.807, 2.05) is 24.4 Å². The van der Waals surface area contributed by atoms with Crippen molar-refractivity contribution in [1.29, 1.82) is 0 Å². The first-order valence-electron chi connectivity index (χ1n) is 5.55. The van der Waals surface area contributed by atoms with E-state index in [2.05, 4.69) is 9.97 Å². The van der Waals surface area contributed by atoms with Gasteiger partial charge in [0.25, 0.3) is 0 Å². The molecule has 0 saturated carbocycles. The minimum Gasteiger partial charge on any atom is -0.299 e. The van der Waals surface area contributed by atoms with Gasteiger partial charge in [-0.25, -0.2) is 4.98 Å². The highest BCUT2D eigenvalue weighted by Crippen LogP contribution is 2.10. The maximum atomic E-state index is 11.7. The molecule has 0 N–H and O–H groups in total. The number of Topliss-reactive ketones (excluding diaryl/α,β-unsaturated/α-hetero) is 1. The fourth-order valence-corrected chi connectivity index (χ4v) is 2.23. The number of hydrogen-bond donors (Lipinski definition) is 0. The van der Waals surface area contributed by atoms with Crippen LogP contribution in [0.5, 0.6) is 0 Å². The zero-order chi connectivity index (χ0) is 12.1. The van der Waals surface area contributed by atoms with Gasteiger partial charge < -0.3 is 0 Å². The lowest BCUT2D eigenvalue weighted by Crippen LogP contribution is -2.04. The molecule has 2 rings (SSSR count). The predicted molar refractivity (Wildman–Crippen MR) is 68.1 cm³/mol. The molecule has 0 radical (unpaired) electrons. The second-order valence-corrected chi connectivity index (χ2v) is 4.99. The average molecular weight is 246 g/mol. The summed E-state index contributed by atoms with van der Waals surface area (Å²) < 4.78 is 0. The number of hydrogen-bond acceptors (Lipinski definition) is 4. The van der Waals surface area contributed by atoms with Crippen molar-refractivity contribution in [3.05, 3.63) is 46.2 Å². The number of aryl methyl sites for hydroxylation is 2. The maximum Gasteiger partial charge on any atom is 0.139 e. The Morgan fingerprint density at radius 1 is 1.35 bits per heavy atom. The molecule has 0 amide bonds. The van der Waals surface area contributed by atoms with Gasteiger partial charge in [0.05, 0.1) is 10.7 Å². The largest absolute Gasteiger partial charge is 0.299 e. The Morgan fingerprint density at radius 2 is 2.12 bits per heavy atom. The summed E-state index contributed by atoms with van der Waals surface area (Å²) in [4.78, 5) is 20.0. The third kappa shape index (κ3) is 3.75. The molecule has 3 nitrogen and oxygen atoms in total. The fourth-order valence-electron chi connectivity index (χ4n) is 1.61. The molecule has 0 spiro atoms. The van der Waals surface area contributed by atoms with Crippen molar-refractivity contribution in [2.45, 2.75) is 26.2 Å². The van der Waals surface area contributed by atoms with E-state index in [1.165, 1.54) is 0 Å². The summed E-state index contributed by atoms with van der Waals surface area (Å²) >= 11 is 1.59. The second kappa shape index (κ2) is 5.68. The number of nitrogens with zero attached hydrogens (tertiary/aromatic N) is 2. The van der Waals surface area contributed by atoms with E-state index < -0.39 is 0 Å². The smallest absolute Gasteiger partial charge is 0.139 e. The summed E-state index contributed by atoms with van der Waals surface area (Å²) in [6.45, 7) is 1.95. The highest BCUT2D eigenvalue weighted by Gasteiger charge is 2.06. The molecule has 4 heteroatoms. The van der Waals surface area contributed by atoms with E-state index in [9.17, 15) is 4.79 Å². The Hall–Kier alpha value is -1.55. The Morgan fingerprint density at radius 3 is 2.76 bits per heavy atom. The van der Waals surface area contributed by atoms with Gasteiger partial charge in [-0.3, -0.25) is 9.78 Å². The minimum atomic E-state index is 0.243. The lowest BCUT2D eigenvalue weighted by atomic mass is 10.1. The standard InChI is InChI=1S/C13H14N2OS/c1-10-15-12(9-17-10)8-13(16)3-2-11-4-6-14-7-5-11/h4-7,9H,2-3,8H2,1H3. The molecular weight excluding hydrogens is 232 g/mol. The summed E-state index contributed by atoms with van der Waals surface area (Å²) in [7, 11) is 0. The normalized spacial score (nSPS) is 10.4. The molecule has 0 aliphatic rings. The van der Waals surface area contributed by atoms with Crippen LogP contribution in [0.25, 0.3) is 0 Å². The third-order valence-corrected chi connectivity index (χ3v) is 3.31. The summed E-state index contributed by atoms with van der Waals surface area (Å²) in [5, 5.41) is 2.97. The average Bonchev–Trinajstić information content (AvgIpc) is 2.73. The number of thiazole rings is 1. The first kappa shape index (κ1) is 11.9. The van der Waals surface area contributed by atoms with Gasteiger partial charge in [0.1, 0.15) is 5.78 Å². The Labute approximate surface area is 105 Å². The van der Waals surface area contributed by atoms with Crippen LogP contribution in [0.4, 0.5) is 0 Å². The Kier molecular flexibility index (Phi) is 3.98. The maximum absolute atomic E-state index is 11.7. The van der Waals surface area contributed by atoms with Gasteiger partial charge in [-0.1, -0.05) is 0 Å². The molecule has 0 unspecified atom stereocenters. The topological polar surface area (TPSA) is 42.9 Å². The quantitative estimate of drug-likeness (QED) is 0.814. The first-order chi connectivity index (χ1) is 8.24. The zero-order valence-electron chi connectivity index (χ0n) is 9.72. The summed E-state index contributed by atoms with van der Waals surface area (Å²) in [6.07, 6.45) is 5.31. The summed E-state index contributed by atoms with van der Waals surface area (Å²) in [5.41, 5.74) is 2.05. The number of carbonyl (C=O) groups excluding carboxylic acids is 1. The lowest BCUT2D eigenvalue weighted by Gasteiger charge is -1.99. The molecular formula is C13H14N2OS. The van der Waals surface area contributed by atoms with Gasteiger partial charge in [-0.2, -0.15) is 0 Å². The monoisotopic (exact) mass is 246 g/mol. The number of pyridine rings is 1. The van der Waals surface area contributed by atoms with Gasteiger partial charge >= 0.3 is 0 Å². The number of carbonyl (C=O) groups is 1. The van der Waals surface area contributed by atoms with Crippen molar-refractivity contribution in [2.75, 3.05) is 0 Å². The van der Waals surface area contributed by atoms with Crippen LogP contribution in [0.2, 0.25) is 0 Å². The molecule has 2 aromatic rings. The van der Waals surface area contributed by atoms with Crippen LogP contribution in [-0.4, -0.2) is 15.8 Å². The fraction of sp³-hybridized carbons (Fsp3) is 0.308. The van der Waals surface area contributed by atoms with E-state index in [0.717, 1.165) is 22.7 Å². The lowest BCUT2D eigenvalue weighted by molar-refractivity contribution is -0.118. The molecule has 17 heavy (non-hydrogen) atoms. The number of aromatic nitrogens is 2. The molecule has 0 saturated heterocycles. The van der Waals surface area contributed by atoms with Crippen LogP contribution in [0.1, 0.15) is 22.7 Å². The molecule has 2 heterocycles. The summed E-state index contributed by atoms with van der Waals surface area (Å²) in [6, 6.07) is 3.89. The number of rotatable bonds is 5. The van der Waals surface area contributed by atoms with Crippen molar-refractivity contribution in [2.24, 2.45) is 0 Å². The second-order valence-electron chi connectivity index (χ2n) is 3.93. The van der Waals surface area contributed by atoms with E-state index in [-0.39, 0.29) is 5.78 Å². The molecule has 0 aromatic carbocycles.